The van der Waals surface area contributed by atoms with E-state index in [-0.39, 0.29) is 34.1 Å². The van der Waals surface area contributed by atoms with Gasteiger partial charge < -0.3 is 24.6 Å². The molecule has 0 unspecified atom stereocenters. The first kappa shape index (κ1) is 27.6. The monoisotopic (exact) mass is 544 g/mol. The maximum atomic E-state index is 13.2. The molecule has 0 bridgehead atoms. The van der Waals surface area contributed by atoms with Crippen molar-refractivity contribution in [3.63, 3.8) is 0 Å². The van der Waals surface area contributed by atoms with Gasteiger partial charge in [0.2, 0.25) is 10.0 Å². The Morgan fingerprint density at radius 3 is 2.34 bits per heavy atom. The molecule has 2 N–H and O–H groups in total. The predicted molar refractivity (Wildman–Crippen MR) is 139 cm³/mol. The molecule has 0 aliphatic carbocycles. The highest BCUT2D eigenvalue weighted by Gasteiger charge is 2.46. The number of phenolic OH excluding ortho intramolecular Hbond substituents is 1. The Hall–Kier alpha value is -3.41. The summed E-state index contributed by atoms with van der Waals surface area (Å²) >= 11 is 0. The fourth-order valence-electron chi connectivity index (χ4n) is 4.90. The van der Waals surface area contributed by atoms with E-state index < -0.39 is 33.5 Å². The van der Waals surface area contributed by atoms with Gasteiger partial charge in [-0.25, -0.2) is 8.42 Å². The van der Waals surface area contributed by atoms with Gasteiger partial charge in [0.15, 0.2) is 11.5 Å². The van der Waals surface area contributed by atoms with Crippen LogP contribution in [-0.2, 0) is 24.3 Å². The molecule has 2 fully saturated rings. The number of aliphatic hydroxyl groups excluding tert-OH is 1. The van der Waals surface area contributed by atoms with Crippen LogP contribution < -0.4 is 4.74 Å². The van der Waals surface area contributed by atoms with Crippen molar-refractivity contribution in [3.05, 3.63) is 59.2 Å². The summed E-state index contributed by atoms with van der Waals surface area (Å²) in [6.07, 6.45) is 3.07. The number of aromatic hydroxyl groups is 1. The Labute approximate surface area is 222 Å². The minimum atomic E-state index is -3.67. The van der Waals surface area contributed by atoms with Crippen molar-refractivity contribution in [1.29, 1.82) is 0 Å². The minimum absolute atomic E-state index is 0.0933. The Kier molecular flexibility index (Phi) is 8.39. The van der Waals surface area contributed by atoms with Gasteiger partial charge in [-0.2, -0.15) is 4.31 Å². The highest BCUT2D eigenvalue weighted by atomic mass is 32.2. The van der Waals surface area contributed by atoms with Crippen LogP contribution in [0.15, 0.2) is 52.9 Å². The predicted octanol–water partition coefficient (Wildman–Crippen LogP) is 3.03. The van der Waals surface area contributed by atoms with E-state index in [1.807, 2.05) is 0 Å². The third kappa shape index (κ3) is 5.27. The number of benzene rings is 2. The van der Waals surface area contributed by atoms with E-state index in [0.717, 1.165) is 19.3 Å². The van der Waals surface area contributed by atoms with Crippen molar-refractivity contribution in [3.8, 4) is 11.5 Å². The van der Waals surface area contributed by atoms with Gasteiger partial charge in [-0.1, -0.05) is 12.5 Å². The molecule has 10 nitrogen and oxygen atoms in total. The smallest absolute Gasteiger partial charge is 0.295 e. The molecular formula is C27H32N2O8S. The minimum Gasteiger partial charge on any atom is -0.507 e. The molecule has 2 saturated heterocycles. The number of ether oxygens (including phenoxy) is 2. The molecule has 0 saturated carbocycles. The zero-order chi connectivity index (χ0) is 27.4. The van der Waals surface area contributed by atoms with Crippen LogP contribution >= 0.6 is 0 Å². The van der Waals surface area contributed by atoms with Crippen molar-refractivity contribution >= 4 is 27.5 Å². The van der Waals surface area contributed by atoms with Gasteiger partial charge >= 0.3 is 0 Å². The van der Waals surface area contributed by atoms with E-state index >= 15 is 0 Å². The van der Waals surface area contributed by atoms with E-state index in [9.17, 15) is 28.2 Å². The number of piperidine rings is 1. The SMILES string of the molecule is COCCCN1C(=O)C(=O)C(=C(O)c2ccc(S(=O)(=O)N3CCCCC3)cc2)[C@H]1c1ccc(O)c(OC)c1. The largest absolute Gasteiger partial charge is 0.507 e. The van der Waals surface area contributed by atoms with Crippen molar-refractivity contribution in [1.82, 2.24) is 9.21 Å². The van der Waals surface area contributed by atoms with Crippen molar-refractivity contribution in [2.75, 3.05) is 40.5 Å². The zero-order valence-electron chi connectivity index (χ0n) is 21.4. The lowest BCUT2D eigenvalue weighted by Gasteiger charge is -2.26. The lowest BCUT2D eigenvalue weighted by Crippen LogP contribution is -2.35. The first-order valence-corrected chi connectivity index (χ1v) is 13.9. The van der Waals surface area contributed by atoms with Crippen LogP contribution in [0.1, 0.15) is 42.9 Å². The number of nitrogens with zero attached hydrogens (tertiary/aromatic N) is 2. The molecule has 2 heterocycles. The summed E-state index contributed by atoms with van der Waals surface area (Å²) in [5.41, 5.74) is 0.530. The molecule has 2 aromatic carbocycles. The van der Waals surface area contributed by atoms with Crippen molar-refractivity contribution in [2.24, 2.45) is 0 Å². The van der Waals surface area contributed by atoms with E-state index in [4.69, 9.17) is 9.47 Å². The van der Waals surface area contributed by atoms with Crippen LogP contribution in [0.5, 0.6) is 11.5 Å². The lowest BCUT2D eigenvalue weighted by atomic mass is 9.95. The summed E-state index contributed by atoms with van der Waals surface area (Å²) < 4.78 is 37.8. The summed E-state index contributed by atoms with van der Waals surface area (Å²) in [5, 5.41) is 21.3. The van der Waals surface area contributed by atoms with Gasteiger partial charge in [0.1, 0.15) is 5.76 Å². The Morgan fingerprint density at radius 2 is 1.71 bits per heavy atom. The van der Waals surface area contributed by atoms with Crippen LogP contribution in [0.4, 0.5) is 0 Å². The van der Waals surface area contributed by atoms with Gasteiger partial charge in [0.05, 0.1) is 23.6 Å². The third-order valence-corrected chi connectivity index (χ3v) is 8.80. The van der Waals surface area contributed by atoms with Crippen molar-refractivity contribution < 1.29 is 37.7 Å². The average molecular weight is 545 g/mol. The summed E-state index contributed by atoms with van der Waals surface area (Å²) in [6, 6.07) is 9.16. The molecule has 1 amide bonds. The number of hydrogen-bond acceptors (Lipinski definition) is 8. The molecule has 1 atom stereocenters. The topological polar surface area (TPSA) is 134 Å². The fourth-order valence-corrected chi connectivity index (χ4v) is 6.41. The van der Waals surface area contributed by atoms with Gasteiger partial charge in [-0.3, -0.25) is 9.59 Å². The first-order chi connectivity index (χ1) is 18.2. The van der Waals surface area contributed by atoms with Crippen LogP contribution in [0.2, 0.25) is 0 Å². The molecule has 204 valence electrons. The normalized spacial score (nSPS) is 20.2. The zero-order valence-corrected chi connectivity index (χ0v) is 22.2. The summed E-state index contributed by atoms with van der Waals surface area (Å²) in [7, 11) is -0.757. The number of hydrogen-bond donors (Lipinski definition) is 2. The van der Waals surface area contributed by atoms with Crippen LogP contribution in [-0.4, -0.2) is 80.0 Å². The van der Waals surface area contributed by atoms with Gasteiger partial charge in [0, 0.05) is 38.9 Å². The highest BCUT2D eigenvalue weighted by Crippen LogP contribution is 2.42. The molecule has 0 aromatic heterocycles. The molecule has 4 rings (SSSR count). The average Bonchev–Trinajstić information content (AvgIpc) is 3.18. The number of rotatable bonds is 9. The van der Waals surface area contributed by atoms with Gasteiger partial charge in [-0.05, 0) is 61.2 Å². The lowest BCUT2D eigenvalue weighted by molar-refractivity contribution is -0.140. The fraction of sp³-hybridized carbons (Fsp3) is 0.407. The molecule has 0 radical (unpaired) electrons. The molecule has 38 heavy (non-hydrogen) atoms. The highest BCUT2D eigenvalue weighted by molar-refractivity contribution is 7.89. The number of Topliss-reactive ketones (excluding diaryl/α,β-unsaturated/α-hetero) is 1. The number of phenols is 1. The van der Waals surface area contributed by atoms with E-state index in [1.54, 1.807) is 6.07 Å². The van der Waals surface area contributed by atoms with E-state index in [0.29, 0.717) is 31.7 Å². The molecule has 2 aliphatic heterocycles. The van der Waals surface area contributed by atoms with Gasteiger partial charge in [-0.15, -0.1) is 0 Å². The quantitative estimate of drug-likeness (QED) is 0.213. The number of ketones is 1. The van der Waals surface area contributed by atoms with Crippen LogP contribution in [0.25, 0.3) is 5.76 Å². The second kappa shape index (κ2) is 11.5. The number of methoxy groups -OCH3 is 2. The maximum Gasteiger partial charge on any atom is 0.295 e. The Bertz CT molecular complexity index is 1330. The number of sulfonamides is 1. The number of likely N-dealkylation sites (tertiary alicyclic amines) is 1. The van der Waals surface area contributed by atoms with E-state index in [1.165, 1.54) is 59.8 Å². The molecular weight excluding hydrogens is 512 g/mol. The summed E-state index contributed by atoms with van der Waals surface area (Å²) in [6.45, 7) is 1.48. The number of carbonyl (C=O) groups is 2. The van der Waals surface area contributed by atoms with Gasteiger partial charge in [0.25, 0.3) is 11.7 Å². The van der Waals surface area contributed by atoms with E-state index in [2.05, 4.69) is 0 Å². The van der Waals surface area contributed by atoms with Crippen LogP contribution in [0, 0.1) is 0 Å². The molecule has 11 heteroatoms. The van der Waals surface area contributed by atoms with Crippen molar-refractivity contribution in [2.45, 2.75) is 36.6 Å². The van der Waals surface area contributed by atoms with Crippen LogP contribution in [0.3, 0.4) is 0 Å². The standard InChI is InChI=1S/C27H32N2O8S/c1-36-16-6-15-29-24(19-9-12-21(30)22(17-19)37-2)23(26(32)27(29)33)25(31)18-7-10-20(11-8-18)38(34,35)28-13-4-3-5-14-28/h7-12,17,24,30-31H,3-6,13-16H2,1-2H3/t24-/m1/s1. The molecule has 2 aliphatic rings. The Morgan fingerprint density at radius 1 is 1.03 bits per heavy atom. The third-order valence-electron chi connectivity index (χ3n) is 6.89. The second-order valence-corrected chi connectivity index (χ2v) is 11.2. The number of aliphatic hydroxyl groups is 1. The maximum absolute atomic E-state index is 13.2. The number of amides is 1. The second-order valence-electron chi connectivity index (χ2n) is 9.26. The Balaban J connectivity index is 1.75. The molecule has 0 spiro atoms. The first-order valence-electron chi connectivity index (χ1n) is 12.5. The molecule has 2 aromatic rings. The summed E-state index contributed by atoms with van der Waals surface area (Å²) in [5.74, 6) is -2.02. The number of carbonyl (C=O) groups excluding carboxylic acids is 2. The summed E-state index contributed by atoms with van der Waals surface area (Å²) in [4.78, 5) is 27.7.